The zero-order valence-electron chi connectivity index (χ0n) is 11.9. The molecule has 2 atom stereocenters. The summed E-state index contributed by atoms with van der Waals surface area (Å²) in [5.41, 5.74) is 0.336. The first-order chi connectivity index (χ1) is 9.91. The van der Waals surface area contributed by atoms with Crippen molar-refractivity contribution in [2.75, 3.05) is 0 Å². The van der Waals surface area contributed by atoms with Crippen LogP contribution in [0.25, 0.3) is 0 Å². The van der Waals surface area contributed by atoms with E-state index in [-0.39, 0.29) is 17.2 Å². The molecule has 0 saturated carbocycles. The van der Waals surface area contributed by atoms with E-state index < -0.39 is 29.3 Å². The molecule has 0 aromatic heterocycles. The van der Waals surface area contributed by atoms with Crippen LogP contribution in [0, 0.1) is 0 Å². The number of phenols is 3. The number of rotatable bonds is 6. The summed E-state index contributed by atoms with van der Waals surface area (Å²) in [4.78, 5) is 11.7. The maximum atomic E-state index is 11.7. The Morgan fingerprint density at radius 3 is 2.57 bits per heavy atom. The van der Waals surface area contributed by atoms with Gasteiger partial charge in [0.15, 0.2) is 11.5 Å². The Bertz CT molecular complexity index is 537. The molecule has 6 heteroatoms. The van der Waals surface area contributed by atoms with Gasteiger partial charge in [0.25, 0.3) is 0 Å². The van der Waals surface area contributed by atoms with E-state index in [1.54, 1.807) is 6.92 Å². The fourth-order valence-electron chi connectivity index (χ4n) is 2.56. The Labute approximate surface area is 122 Å². The molecule has 0 bridgehead atoms. The number of benzene rings is 1. The molecule has 6 nitrogen and oxygen atoms in total. The summed E-state index contributed by atoms with van der Waals surface area (Å²) in [6.07, 6.45) is 2.84. The minimum Gasteiger partial charge on any atom is -0.504 e. The summed E-state index contributed by atoms with van der Waals surface area (Å²) in [7, 11) is 0. The van der Waals surface area contributed by atoms with Crippen molar-refractivity contribution in [3.63, 3.8) is 0 Å². The van der Waals surface area contributed by atoms with Crippen molar-refractivity contribution in [2.45, 2.75) is 51.2 Å². The van der Waals surface area contributed by atoms with Gasteiger partial charge in [-0.1, -0.05) is 12.8 Å². The summed E-state index contributed by atoms with van der Waals surface area (Å²) in [5.74, 6) is -2.28. The standard InChI is InChI=1S/C15H20O6/c1-8(16)5-3-2-4-6-11-12-9(15(20)21-11)7-10(17)13(18)14(12)19/h7-8,11,16-19H,2-6H2,1H3/t8-,11-/m1/s1. The lowest BCUT2D eigenvalue weighted by Crippen LogP contribution is -2.01. The lowest BCUT2D eigenvalue weighted by Gasteiger charge is -2.12. The molecule has 2 rings (SSSR count). The van der Waals surface area contributed by atoms with Gasteiger partial charge >= 0.3 is 5.97 Å². The molecular weight excluding hydrogens is 276 g/mol. The van der Waals surface area contributed by atoms with E-state index in [9.17, 15) is 20.1 Å². The van der Waals surface area contributed by atoms with Gasteiger partial charge in [0.2, 0.25) is 5.75 Å². The van der Waals surface area contributed by atoms with Crippen LogP contribution in [-0.2, 0) is 4.74 Å². The SMILES string of the molecule is C[C@@H](O)CCCCC[C@H]1OC(=O)c2cc(O)c(O)c(O)c21. The predicted octanol–water partition coefficient (Wildman–Crippen LogP) is 2.35. The van der Waals surface area contributed by atoms with Gasteiger partial charge in [-0.25, -0.2) is 4.79 Å². The highest BCUT2D eigenvalue weighted by molar-refractivity contribution is 5.96. The van der Waals surface area contributed by atoms with Crippen molar-refractivity contribution in [1.29, 1.82) is 0 Å². The molecule has 116 valence electrons. The van der Waals surface area contributed by atoms with Crippen LogP contribution in [0.15, 0.2) is 6.07 Å². The van der Waals surface area contributed by atoms with Gasteiger partial charge in [-0.05, 0) is 32.3 Å². The van der Waals surface area contributed by atoms with E-state index in [4.69, 9.17) is 9.84 Å². The molecule has 1 aliphatic heterocycles. The number of unbranched alkanes of at least 4 members (excludes halogenated alkanes) is 2. The number of cyclic esters (lactones) is 1. The average Bonchev–Trinajstić information content (AvgIpc) is 2.72. The fourth-order valence-corrected chi connectivity index (χ4v) is 2.56. The molecule has 0 saturated heterocycles. The van der Waals surface area contributed by atoms with E-state index >= 15 is 0 Å². The average molecular weight is 296 g/mol. The van der Waals surface area contributed by atoms with Crippen molar-refractivity contribution >= 4 is 5.97 Å². The van der Waals surface area contributed by atoms with Crippen LogP contribution in [0.1, 0.15) is 61.1 Å². The maximum Gasteiger partial charge on any atom is 0.339 e. The van der Waals surface area contributed by atoms with Crippen LogP contribution in [0.3, 0.4) is 0 Å². The van der Waals surface area contributed by atoms with Gasteiger partial charge in [0, 0.05) is 0 Å². The zero-order valence-corrected chi connectivity index (χ0v) is 11.9. The molecule has 0 amide bonds. The summed E-state index contributed by atoms with van der Waals surface area (Å²) >= 11 is 0. The molecule has 0 unspecified atom stereocenters. The topological polar surface area (TPSA) is 107 Å². The first-order valence-electron chi connectivity index (χ1n) is 7.08. The Morgan fingerprint density at radius 2 is 1.90 bits per heavy atom. The number of carbonyl (C=O) groups excluding carboxylic acids is 1. The molecule has 0 aliphatic carbocycles. The minimum atomic E-state index is -0.633. The van der Waals surface area contributed by atoms with E-state index in [2.05, 4.69) is 0 Å². The summed E-state index contributed by atoms with van der Waals surface area (Å²) in [5, 5.41) is 38.0. The van der Waals surface area contributed by atoms with Crippen LogP contribution >= 0.6 is 0 Å². The Balaban J connectivity index is 2.03. The molecule has 1 aromatic rings. The molecule has 4 N–H and O–H groups in total. The number of aliphatic hydroxyl groups excluding tert-OH is 1. The first-order valence-corrected chi connectivity index (χ1v) is 7.08. The molecule has 0 spiro atoms. The van der Waals surface area contributed by atoms with Crippen LogP contribution in [-0.4, -0.2) is 32.5 Å². The van der Waals surface area contributed by atoms with E-state index in [1.165, 1.54) is 0 Å². The smallest absolute Gasteiger partial charge is 0.339 e. The maximum absolute atomic E-state index is 11.7. The number of hydrogen-bond acceptors (Lipinski definition) is 6. The lowest BCUT2D eigenvalue weighted by atomic mass is 9.98. The monoisotopic (exact) mass is 296 g/mol. The second-order valence-electron chi connectivity index (χ2n) is 5.44. The number of aliphatic hydroxyl groups is 1. The number of carbonyl (C=O) groups is 1. The van der Waals surface area contributed by atoms with Crippen LogP contribution in [0.4, 0.5) is 0 Å². The summed E-state index contributed by atoms with van der Waals surface area (Å²) in [6.45, 7) is 1.74. The highest BCUT2D eigenvalue weighted by Crippen LogP contribution is 2.48. The third-order valence-electron chi connectivity index (χ3n) is 3.67. The Morgan fingerprint density at radius 1 is 1.19 bits per heavy atom. The number of ether oxygens (including phenoxy) is 1. The number of esters is 1. The van der Waals surface area contributed by atoms with Gasteiger partial charge in [-0.15, -0.1) is 0 Å². The number of phenolic OH excluding ortho intramolecular Hbond substituents is 3. The lowest BCUT2D eigenvalue weighted by molar-refractivity contribution is 0.0360. The minimum absolute atomic E-state index is 0.0942. The molecule has 1 heterocycles. The molecule has 1 aromatic carbocycles. The Kier molecular flexibility index (Phi) is 4.57. The number of fused-ring (bicyclic) bond motifs is 1. The van der Waals surface area contributed by atoms with Gasteiger partial charge in [0.05, 0.1) is 17.2 Å². The van der Waals surface area contributed by atoms with Crippen LogP contribution < -0.4 is 0 Å². The predicted molar refractivity (Wildman–Crippen MR) is 74.4 cm³/mol. The fraction of sp³-hybridized carbons (Fsp3) is 0.533. The summed E-state index contributed by atoms with van der Waals surface area (Å²) in [6, 6.07) is 1.11. The van der Waals surface area contributed by atoms with E-state index in [0.717, 1.165) is 31.7 Å². The molecule has 1 aliphatic rings. The number of hydrogen-bond donors (Lipinski definition) is 4. The molecule has 21 heavy (non-hydrogen) atoms. The largest absolute Gasteiger partial charge is 0.504 e. The third-order valence-corrected chi connectivity index (χ3v) is 3.67. The normalized spacial score (nSPS) is 18.4. The quantitative estimate of drug-likeness (QED) is 0.364. The second kappa shape index (κ2) is 6.22. The first kappa shape index (κ1) is 15.4. The molecule has 0 radical (unpaired) electrons. The Hall–Kier alpha value is -1.95. The van der Waals surface area contributed by atoms with E-state index in [0.29, 0.717) is 6.42 Å². The van der Waals surface area contributed by atoms with E-state index in [1.807, 2.05) is 0 Å². The second-order valence-corrected chi connectivity index (χ2v) is 5.44. The third kappa shape index (κ3) is 3.21. The summed E-state index contributed by atoms with van der Waals surface area (Å²) < 4.78 is 5.18. The molecular formula is C15H20O6. The molecule has 0 fully saturated rings. The van der Waals surface area contributed by atoms with Crippen molar-refractivity contribution in [3.05, 3.63) is 17.2 Å². The highest BCUT2D eigenvalue weighted by Gasteiger charge is 2.36. The number of aromatic hydroxyl groups is 3. The van der Waals surface area contributed by atoms with Gasteiger partial charge in [-0.2, -0.15) is 0 Å². The van der Waals surface area contributed by atoms with Gasteiger partial charge in [-0.3, -0.25) is 0 Å². The van der Waals surface area contributed by atoms with Crippen molar-refractivity contribution in [2.24, 2.45) is 0 Å². The van der Waals surface area contributed by atoms with Crippen LogP contribution in [0.5, 0.6) is 17.2 Å². The van der Waals surface area contributed by atoms with Crippen LogP contribution in [0.2, 0.25) is 0 Å². The van der Waals surface area contributed by atoms with Gasteiger partial charge in [0.1, 0.15) is 6.10 Å². The van der Waals surface area contributed by atoms with Crippen molar-refractivity contribution in [1.82, 2.24) is 0 Å². The van der Waals surface area contributed by atoms with Crippen molar-refractivity contribution < 1.29 is 30.0 Å². The zero-order chi connectivity index (χ0) is 15.6. The van der Waals surface area contributed by atoms with Crippen molar-refractivity contribution in [3.8, 4) is 17.2 Å². The highest BCUT2D eigenvalue weighted by atomic mass is 16.5. The van der Waals surface area contributed by atoms with Gasteiger partial charge < -0.3 is 25.2 Å².